The molecular formula is C11H22O. The van der Waals surface area contributed by atoms with Gasteiger partial charge in [-0.05, 0) is 18.8 Å². The van der Waals surface area contributed by atoms with Crippen molar-refractivity contribution in [1.29, 1.82) is 0 Å². The van der Waals surface area contributed by atoms with E-state index in [1.165, 1.54) is 32.1 Å². The van der Waals surface area contributed by atoms with E-state index in [0.29, 0.717) is 0 Å². The summed E-state index contributed by atoms with van der Waals surface area (Å²) in [5.41, 5.74) is 0. The Hall–Kier alpha value is -0.0400. The van der Waals surface area contributed by atoms with Gasteiger partial charge in [-0.1, -0.05) is 45.4 Å². The summed E-state index contributed by atoms with van der Waals surface area (Å²) in [4.78, 5) is 0. The van der Waals surface area contributed by atoms with Crippen LogP contribution in [0.25, 0.3) is 0 Å². The van der Waals surface area contributed by atoms with Gasteiger partial charge in [0, 0.05) is 0 Å². The van der Waals surface area contributed by atoms with Crippen LogP contribution in [0.3, 0.4) is 0 Å². The summed E-state index contributed by atoms with van der Waals surface area (Å²) in [6.07, 6.45) is 10.1. The molecule has 0 bridgehead atoms. The Kier molecular flexibility index (Phi) is 4.67. The van der Waals surface area contributed by atoms with Gasteiger partial charge in [-0.25, -0.2) is 0 Å². The monoisotopic (exact) mass is 170 g/mol. The molecular weight excluding hydrogens is 148 g/mol. The van der Waals surface area contributed by atoms with Gasteiger partial charge in [0.1, 0.15) is 0 Å². The van der Waals surface area contributed by atoms with Crippen LogP contribution in [0.4, 0.5) is 0 Å². The van der Waals surface area contributed by atoms with Gasteiger partial charge in [-0.2, -0.15) is 0 Å². The molecule has 0 aromatic rings. The Balaban J connectivity index is 2.11. The number of aliphatic hydroxyl groups excluding tert-OH is 1. The minimum absolute atomic E-state index is 0.0156. The van der Waals surface area contributed by atoms with Crippen LogP contribution in [-0.2, 0) is 0 Å². The lowest BCUT2D eigenvalue weighted by Gasteiger charge is -2.23. The van der Waals surface area contributed by atoms with Crippen molar-refractivity contribution in [3.8, 4) is 0 Å². The minimum Gasteiger partial charge on any atom is -0.393 e. The second kappa shape index (κ2) is 5.58. The third-order valence-corrected chi connectivity index (χ3v) is 2.95. The maximum atomic E-state index is 9.60. The van der Waals surface area contributed by atoms with Crippen LogP contribution < -0.4 is 0 Å². The lowest BCUT2D eigenvalue weighted by atomic mass is 9.85. The minimum atomic E-state index is -0.0156. The summed E-state index contributed by atoms with van der Waals surface area (Å²) >= 11 is 0. The molecule has 1 aliphatic carbocycles. The van der Waals surface area contributed by atoms with E-state index in [0.717, 1.165) is 25.2 Å². The Morgan fingerprint density at radius 1 is 1.25 bits per heavy atom. The van der Waals surface area contributed by atoms with E-state index >= 15 is 0 Å². The van der Waals surface area contributed by atoms with Crippen molar-refractivity contribution in [2.24, 2.45) is 5.92 Å². The molecule has 0 aromatic heterocycles. The molecule has 0 saturated heterocycles. The summed E-state index contributed by atoms with van der Waals surface area (Å²) in [6.45, 7) is 2.14. The maximum Gasteiger partial charge on any atom is 0.0542 e. The SMILES string of the molecule is CCC[C@H](O)CC1CCCCC1. The van der Waals surface area contributed by atoms with Gasteiger partial charge >= 0.3 is 0 Å². The van der Waals surface area contributed by atoms with Gasteiger partial charge in [-0.3, -0.25) is 0 Å². The molecule has 1 nitrogen and oxygen atoms in total. The first kappa shape index (κ1) is 10.0. The van der Waals surface area contributed by atoms with Crippen LogP contribution in [-0.4, -0.2) is 11.2 Å². The second-order valence-corrected chi connectivity index (χ2v) is 4.18. The predicted octanol–water partition coefficient (Wildman–Crippen LogP) is 3.12. The zero-order valence-corrected chi connectivity index (χ0v) is 8.26. The predicted molar refractivity (Wildman–Crippen MR) is 52.1 cm³/mol. The average molecular weight is 170 g/mol. The second-order valence-electron chi connectivity index (χ2n) is 4.18. The molecule has 1 aliphatic rings. The molecule has 1 rings (SSSR count). The average Bonchev–Trinajstić information content (AvgIpc) is 2.06. The van der Waals surface area contributed by atoms with Crippen LogP contribution in [0.1, 0.15) is 58.3 Å². The summed E-state index contributed by atoms with van der Waals surface area (Å²) in [5.74, 6) is 0.834. The van der Waals surface area contributed by atoms with Crippen molar-refractivity contribution in [3.05, 3.63) is 0 Å². The highest BCUT2D eigenvalue weighted by molar-refractivity contribution is 4.69. The van der Waals surface area contributed by atoms with E-state index in [9.17, 15) is 5.11 Å². The Labute approximate surface area is 76.2 Å². The molecule has 0 heterocycles. The fraction of sp³-hybridized carbons (Fsp3) is 1.00. The zero-order chi connectivity index (χ0) is 8.81. The van der Waals surface area contributed by atoms with Gasteiger partial charge in [0.15, 0.2) is 0 Å². The third kappa shape index (κ3) is 3.57. The summed E-state index contributed by atoms with van der Waals surface area (Å²) in [7, 11) is 0. The van der Waals surface area contributed by atoms with Crippen molar-refractivity contribution in [2.45, 2.75) is 64.4 Å². The van der Waals surface area contributed by atoms with Gasteiger partial charge in [0.05, 0.1) is 6.10 Å². The summed E-state index contributed by atoms with van der Waals surface area (Å²) in [5, 5.41) is 9.60. The van der Waals surface area contributed by atoms with Crippen molar-refractivity contribution in [1.82, 2.24) is 0 Å². The molecule has 0 spiro atoms. The molecule has 1 atom stereocenters. The largest absolute Gasteiger partial charge is 0.393 e. The molecule has 1 saturated carbocycles. The van der Waals surface area contributed by atoms with E-state index in [-0.39, 0.29) is 6.10 Å². The highest BCUT2D eigenvalue weighted by Crippen LogP contribution is 2.27. The van der Waals surface area contributed by atoms with Crippen molar-refractivity contribution in [3.63, 3.8) is 0 Å². The van der Waals surface area contributed by atoms with Gasteiger partial charge in [-0.15, -0.1) is 0 Å². The van der Waals surface area contributed by atoms with E-state index in [4.69, 9.17) is 0 Å². The van der Waals surface area contributed by atoms with E-state index in [1.54, 1.807) is 0 Å². The molecule has 0 radical (unpaired) electrons. The lowest BCUT2D eigenvalue weighted by molar-refractivity contribution is 0.121. The van der Waals surface area contributed by atoms with Crippen LogP contribution in [0.2, 0.25) is 0 Å². The standard InChI is InChI=1S/C11H22O/c1-2-6-11(12)9-10-7-4-3-5-8-10/h10-12H,2-9H2,1H3/t11-/m0/s1. The van der Waals surface area contributed by atoms with Crippen LogP contribution in [0.5, 0.6) is 0 Å². The third-order valence-electron chi connectivity index (χ3n) is 2.95. The summed E-state index contributed by atoms with van der Waals surface area (Å²) < 4.78 is 0. The molecule has 0 unspecified atom stereocenters. The van der Waals surface area contributed by atoms with Gasteiger partial charge < -0.3 is 5.11 Å². The first-order chi connectivity index (χ1) is 5.83. The molecule has 1 fully saturated rings. The van der Waals surface area contributed by atoms with Crippen molar-refractivity contribution >= 4 is 0 Å². The lowest BCUT2D eigenvalue weighted by Crippen LogP contribution is -2.15. The van der Waals surface area contributed by atoms with Crippen LogP contribution in [0.15, 0.2) is 0 Å². The number of hydrogen-bond donors (Lipinski definition) is 1. The normalized spacial score (nSPS) is 22.5. The van der Waals surface area contributed by atoms with Crippen LogP contribution in [0, 0.1) is 5.92 Å². The van der Waals surface area contributed by atoms with Gasteiger partial charge in [0.25, 0.3) is 0 Å². The fourth-order valence-corrected chi connectivity index (χ4v) is 2.26. The number of hydrogen-bond acceptors (Lipinski definition) is 1. The highest BCUT2D eigenvalue weighted by atomic mass is 16.3. The van der Waals surface area contributed by atoms with Crippen molar-refractivity contribution < 1.29 is 5.11 Å². The van der Waals surface area contributed by atoms with E-state index in [2.05, 4.69) is 6.92 Å². The van der Waals surface area contributed by atoms with E-state index in [1.807, 2.05) is 0 Å². The highest BCUT2D eigenvalue weighted by Gasteiger charge is 2.16. The molecule has 1 N–H and O–H groups in total. The Morgan fingerprint density at radius 2 is 1.92 bits per heavy atom. The molecule has 72 valence electrons. The molecule has 1 heteroatoms. The topological polar surface area (TPSA) is 20.2 Å². The number of rotatable bonds is 4. The van der Waals surface area contributed by atoms with Crippen molar-refractivity contribution in [2.75, 3.05) is 0 Å². The smallest absolute Gasteiger partial charge is 0.0542 e. The molecule has 0 aliphatic heterocycles. The first-order valence-electron chi connectivity index (χ1n) is 5.51. The van der Waals surface area contributed by atoms with E-state index < -0.39 is 0 Å². The molecule has 0 aromatic carbocycles. The van der Waals surface area contributed by atoms with Gasteiger partial charge in [0.2, 0.25) is 0 Å². The Bertz CT molecular complexity index is 106. The zero-order valence-electron chi connectivity index (χ0n) is 8.26. The Morgan fingerprint density at radius 3 is 2.50 bits per heavy atom. The quantitative estimate of drug-likeness (QED) is 0.687. The summed E-state index contributed by atoms with van der Waals surface area (Å²) in [6, 6.07) is 0. The molecule has 12 heavy (non-hydrogen) atoms. The van der Waals surface area contributed by atoms with Crippen LogP contribution >= 0.6 is 0 Å². The maximum absolute atomic E-state index is 9.60. The number of aliphatic hydroxyl groups is 1. The molecule has 0 amide bonds. The first-order valence-corrected chi connectivity index (χ1v) is 5.51. The fourth-order valence-electron chi connectivity index (χ4n) is 2.26.